The molecule has 0 fully saturated rings. The number of aromatic nitrogens is 2. The Kier molecular flexibility index (Phi) is 5.32. The number of nitrogens with one attached hydrogen (secondary N) is 1. The zero-order valence-corrected chi connectivity index (χ0v) is 11.3. The number of aliphatic hydroxyl groups is 1. The molecule has 1 aromatic heterocycles. The number of benzene rings is 1. The van der Waals surface area contributed by atoms with Gasteiger partial charge >= 0.3 is 0 Å². The van der Waals surface area contributed by atoms with E-state index < -0.39 is 0 Å². The van der Waals surface area contributed by atoms with E-state index in [1.54, 1.807) is 10.9 Å². The molecule has 0 aliphatic carbocycles. The lowest BCUT2D eigenvalue weighted by atomic mass is 10.2. The van der Waals surface area contributed by atoms with Crippen LogP contribution in [0.2, 0.25) is 0 Å². The van der Waals surface area contributed by atoms with Crippen molar-refractivity contribution in [1.29, 1.82) is 0 Å². The molecule has 0 saturated heterocycles. The van der Waals surface area contributed by atoms with Crippen molar-refractivity contribution in [3.63, 3.8) is 0 Å². The van der Waals surface area contributed by atoms with Crippen LogP contribution in [0.25, 0.3) is 5.69 Å². The highest BCUT2D eigenvalue weighted by Gasteiger charge is 2.04. The highest BCUT2D eigenvalue weighted by Crippen LogP contribution is 2.08. The molecule has 0 unspecified atom stereocenters. The molecule has 0 saturated carbocycles. The summed E-state index contributed by atoms with van der Waals surface area (Å²) in [6.45, 7) is 0.628. The number of rotatable bonds is 7. The molecule has 0 atom stereocenters. The molecule has 106 valence electrons. The van der Waals surface area contributed by atoms with Crippen LogP contribution in [0.3, 0.4) is 0 Å². The Balaban J connectivity index is 1.83. The van der Waals surface area contributed by atoms with E-state index in [1.165, 1.54) is 0 Å². The van der Waals surface area contributed by atoms with Crippen molar-refractivity contribution in [1.82, 2.24) is 15.1 Å². The van der Waals surface area contributed by atoms with Crippen LogP contribution in [0.4, 0.5) is 0 Å². The minimum absolute atomic E-state index is 0.00547. The Hall–Kier alpha value is -2.14. The van der Waals surface area contributed by atoms with E-state index >= 15 is 0 Å². The molecule has 2 aromatic rings. The van der Waals surface area contributed by atoms with Crippen molar-refractivity contribution in [2.45, 2.75) is 19.3 Å². The van der Waals surface area contributed by atoms with Crippen molar-refractivity contribution in [2.24, 2.45) is 0 Å². The summed E-state index contributed by atoms with van der Waals surface area (Å²) in [5.41, 5.74) is 2.04. The fraction of sp³-hybridized carbons (Fsp3) is 0.333. The van der Waals surface area contributed by atoms with Gasteiger partial charge in [-0.05, 0) is 30.5 Å². The monoisotopic (exact) mass is 273 g/mol. The fourth-order valence-corrected chi connectivity index (χ4v) is 1.86. The summed E-state index contributed by atoms with van der Waals surface area (Å²) >= 11 is 0. The number of hydrogen-bond donors (Lipinski definition) is 2. The zero-order valence-electron chi connectivity index (χ0n) is 11.3. The average Bonchev–Trinajstić information content (AvgIpc) is 2.95. The smallest absolute Gasteiger partial charge is 0.220 e. The summed E-state index contributed by atoms with van der Waals surface area (Å²) in [6, 6.07) is 9.86. The summed E-state index contributed by atoms with van der Waals surface area (Å²) in [4.78, 5) is 11.5. The predicted octanol–water partition coefficient (Wildman–Crippen LogP) is 1.30. The number of nitrogens with zero attached hydrogens (tertiary/aromatic N) is 2. The van der Waals surface area contributed by atoms with Crippen molar-refractivity contribution in [3.8, 4) is 5.69 Å². The van der Waals surface area contributed by atoms with Crippen LogP contribution in [0, 0.1) is 0 Å². The third-order valence-corrected chi connectivity index (χ3v) is 2.95. The highest BCUT2D eigenvalue weighted by atomic mass is 16.3. The number of amides is 1. The second-order valence-corrected chi connectivity index (χ2v) is 4.56. The molecule has 0 spiro atoms. The Bertz CT molecular complexity index is 537. The van der Waals surface area contributed by atoms with Gasteiger partial charge in [0.15, 0.2) is 0 Å². The second-order valence-electron chi connectivity index (χ2n) is 4.56. The molecule has 0 bridgehead atoms. The maximum absolute atomic E-state index is 11.5. The lowest BCUT2D eigenvalue weighted by Crippen LogP contribution is -2.25. The molecule has 20 heavy (non-hydrogen) atoms. The Labute approximate surface area is 118 Å². The van der Waals surface area contributed by atoms with Gasteiger partial charge in [-0.25, -0.2) is 4.68 Å². The molecule has 1 heterocycles. The third kappa shape index (κ3) is 4.20. The van der Waals surface area contributed by atoms with E-state index in [9.17, 15) is 4.79 Å². The molecular formula is C15H19N3O2. The normalized spacial score (nSPS) is 10.4. The summed E-state index contributed by atoms with van der Waals surface area (Å²) in [5.74, 6) is 0.00547. The molecule has 2 rings (SSSR count). The maximum atomic E-state index is 11.5. The lowest BCUT2D eigenvalue weighted by Gasteiger charge is -2.02. The standard InChI is InChI=1S/C15H19N3O2/c19-10-4-9-16-15(20)8-7-13-11-17-18(12-13)14-5-2-1-3-6-14/h1-3,5-6,11-12,19H,4,7-10H2,(H,16,20). The molecule has 1 aromatic carbocycles. The van der Waals surface area contributed by atoms with Crippen LogP contribution in [0.5, 0.6) is 0 Å². The van der Waals surface area contributed by atoms with Gasteiger partial charge in [-0.1, -0.05) is 18.2 Å². The van der Waals surface area contributed by atoms with Gasteiger partial charge in [0.2, 0.25) is 5.91 Å². The minimum atomic E-state index is 0.00547. The van der Waals surface area contributed by atoms with Crippen molar-refractivity contribution < 1.29 is 9.90 Å². The van der Waals surface area contributed by atoms with Crippen LogP contribution in [0.15, 0.2) is 42.7 Å². The topological polar surface area (TPSA) is 67.2 Å². The largest absolute Gasteiger partial charge is 0.396 e. The molecule has 5 nitrogen and oxygen atoms in total. The summed E-state index contributed by atoms with van der Waals surface area (Å²) < 4.78 is 1.80. The minimum Gasteiger partial charge on any atom is -0.396 e. The summed E-state index contributed by atoms with van der Waals surface area (Å²) in [7, 11) is 0. The first-order valence-electron chi connectivity index (χ1n) is 6.76. The van der Waals surface area contributed by atoms with Gasteiger partial charge in [0, 0.05) is 25.8 Å². The molecular weight excluding hydrogens is 254 g/mol. The first-order chi connectivity index (χ1) is 9.79. The summed E-state index contributed by atoms with van der Waals surface area (Å²) in [6.07, 6.45) is 5.42. The average molecular weight is 273 g/mol. The molecule has 0 aliphatic rings. The van der Waals surface area contributed by atoms with E-state index in [4.69, 9.17) is 5.11 Å². The number of carbonyl (C=O) groups is 1. The lowest BCUT2D eigenvalue weighted by molar-refractivity contribution is -0.121. The first kappa shape index (κ1) is 14.3. The molecule has 0 aliphatic heterocycles. The number of para-hydroxylation sites is 1. The molecule has 2 N–H and O–H groups in total. The van der Waals surface area contributed by atoms with E-state index in [2.05, 4.69) is 10.4 Å². The predicted molar refractivity (Wildman–Crippen MR) is 76.6 cm³/mol. The van der Waals surface area contributed by atoms with Gasteiger partial charge in [-0.3, -0.25) is 4.79 Å². The SMILES string of the molecule is O=C(CCc1cnn(-c2ccccc2)c1)NCCCO. The van der Waals surface area contributed by atoms with Gasteiger partial charge < -0.3 is 10.4 Å². The van der Waals surface area contributed by atoms with Crippen LogP contribution < -0.4 is 5.32 Å². The Morgan fingerprint density at radius 3 is 2.85 bits per heavy atom. The second kappa shape index (κ2) is 7.45. The van der Waals surface area contributed by atoms with E-state index in [0.717, 1.165) is 11.3 Å². The van der Waals surface area contributed by atoms with Gasteiger partial charge in [0.1, 0.15) is 0 Å². The van der Waals surface area contributed by atoms with Gasteiger partial charge in [0.25, 0.3) is 0 Å². The molecule has 5 heteroatoms. The fourth-order valence-electron chi connectivity index (χ4n) is 1.86. The number of carbonyl (C=O) groups excluding carboxylic acids is 1. The van der Waals surface area contributed by atoms with Crippen LogP contribution >= 0.6 is 0 Å². The van der Waals surface area contributed by atoms with Gasteiger partial charge in [-0.2, -0.15) is 5.10 Å². The zero-order chi connectivity index (χ0) is 14.2. The first-order valence-corrected chi connectivity index (χ1v) is 6.76. The van der Waals surface area contributed by atoms with E-state index in [0.29, 0.717) is 25.8 Å². The van der Waals surface area contributed by atoms with Crippen molar-refractivity contribution in [2.75, 3.05) is 13.2 Å². The van der Waals surface area contributed by atoms with E-state index in [1.807, 2.05) is 36.5 Å². The Morgan fingerprint density at radius 1 is 1.30 bits per heavy atom. The summed E-state index contributed by atoms with van der Waals surface area (Å²) in [5, 5.41) is 15.7. The maximum Gasteiger partial charge on any atom is 0.220 e. The van der Waals surface area contributed by atoms with Crippen LogP contribution in [-0.4, -0.2) is 33.9 Å². The number of hydrogen-bond acceptors (Lipinski definition) is 3. The quantitative estimate of drug-likeness (QED) is 0.747. The van der Waals surface area contributed by atoms with Gasteiger partial charge in [0.05, 0.1) is 11.9 Å². The third-order valence-electron chi connectivity index (χ3n) is 2.95. The van der Waals surface area contributed by atoms with E-state index in [-0.39, 0.29) is 12.5 Å². The van der Waals surface area contributed by atoms with Gasteiger partial charge in [-0.15, -0.1) is 0 Å². The highest BCUT2D eigenvalue weighted by molar-refractivity contribution is 5.76. The molecule has 1 amide bonds. The van der Waals surface area contributed by atoms with Crippen LogP contribution in [0.1, 0.15) is 18.4 Å². The van der Waals surface area contributed by atoms with Crippen molar-refractivity contribution >= 4 is 5.91 Å². The van der Waals surface area contributed by atoms with Crippen LogP contribution in [-0.2, 0) is 11.2 Å². The number of aryl methyl sites for hydroxylation is 1. The molecule has 0 radical (unpaired) electrons. The Morgan fingerprint density at radius 2 is 2.10 bits per heavy atom. The number of aliphatic hydroxyl groups excluding tert-OH is 1. The van der Waals surface area contributed by atoms with Crippen molar-refractivity contribution in [3.05, 3.63) is 48.3 Å².